The van der Waals surface area contributed by atoms with Gasteiger partial charge in [-0.15, -0.1) is 11.8 Å². The van der Waals surface area contributed by atoms with E-state index < -0.39 is 16.9 Å². The summed E-state index contributed by atoms with van der Waals surface area (Å²) in [4.78, 5) is 12.8. The predicted octanol–water partition coefficient (Wildman–Crippen LogP) is 4.70. The molecule has 0 aliphatic heterocycles. The van der Waals surface area contributed by atoms with E-state index in [-0.39, 0.29) is 5.91 Å². The molecule has 22 heavy (non-hydrogen) atoms. The number of anilines is 1. The maximum atomic E-state index is 13.2. The highest BCUT2D eigenvalue weighted by Gasteiger charge is 2.17. The van der Waals surface area contributed by atoms with Crippen LogP contribution in [0.3, 0.4) is 0 Å². The molecule has 2 rings (SSSR count). The Morgan fingerprint density at radius 1 is 1.09 bits per heavy atom. The third-order valence-corrected chi connectivity index (χ3v) is 4.40. The van der Waals surface area contributed by atoms with Crippen LogP contribution in [0.25, 0.3) is 0 Å². The molecule has 0 aliphatic rings. The largest absolute Gasteiger partial charge is 0.325 e. The number of hydrogen-bond donors (Lipinski definition) is 1. The van der Waals surface area contributed by atoms with Crippen molar-refractivity contribution in [1.29, 1.82) is 0 Å². The second kappa shape index (κ2) is 6.92. The highest BCUT2D eigenvalue weighted by atomic mass is 32.2. The molecule has 2 nitrogen and oxygen atoms in total. The molecule has 0 unspecified atom stereocenters. The normalized spacial score (nSPS) is 12.0. The van der Waals surface area contributed by atoms with E-state index in [1.165, 1.54) is 17.8 Å². The van der Waals surface area contributed by atoms with Crippen molar-refractivity contribution >= 4 is 23.4 Å². The number of nitrogens with one attached hydrogen (secondary N) is 1. The van der Waals surface area contributed by atoms with Crippen LogP contribution in [0.15, 0.2) is 41.3 Å². The zero-order valence-corrected chi connectivity index (χ0v) is 13.4. The smallest absolute Gasteiger partial charge is 0.237 e. The second-order valence-electron chi connectivity index (χ2n) is 5.09. The Balaban J connectivity index is 2.07. The number of para-hydroxylation sites is 1. The Bertz CT molecular complexity index is 683. The molecule has 1 atom stereocenters. The molecule has 0 spiro atoms. The van der Waals surface area contributed by atoms with E-state index in [1.807, 2.05) is 32.0 Å². The van der Waals surface area contributed by atoms with Crippen molar-refractivity contribution in [1.82, 2.24) is 0 Å². The maximum absolute atomic E-state index is 13.2. The van der Waals surface area contributed by atoms with Crippen LogP contribution < -0.4 is 5.32 Å². The SMILES string of the molecule is Cc1cccc(C)c1NC(=O)[C@@H](C)Sc1ccc(F)c(F)c1. The highest BCUT2D eigenvalue weighted by Crippen LogP contribution is 2.27. The average Bonchev–Trinajstić information content (AvgIpc) is 2.46. The Morgan fingerprint density at radius 3 is 2.32 bits per heavy atom. The zero-order chi connectivity index (χ0) is 16.3. The molecular formula is C17H17F2NOS. The maximum Gasteiger partial charge on any atom is 0.237 e. The fourth-order valence-electron chi connectivity index (χ4n) is 2.04. The lowest BCUT2D eigenvalue weighted by Gasteiger charge is -2.15. The van der Waals surface area contributed by atoms with E-state index in [4.69, 9.17) is 0 Å². The van der Waals surface area contributed by atoms with Gasteiger partial charge in [0.15, 0.2) is 11.6 Å². The third-order valence-electron chi connectivity index (χ3n) is 3.30. The summed E-state index contributed by atoms with van der Waals surface area (Å²) in [5.74, 6) is -1.98. The summed E-state index contributed by atoms with van der Waals surface area (Å²) in [5.41, 5.74) is 2.77. The summed E-state index contributed by atoms with van der Waals surface area (Å²) >= 11 is 1.19. The lowest BCUT2D eigenvalue weighted by atomic mass is 10.1. The van der Waals surface area contributed by atoms with Gasteiger partial charge in [0.2, 0.25) is 5.91 Å². The summed E-state index contributed by atoms with van der Waals surface area (Å²) in [6.45, 7) is 5.58. The first kappa shape index (κ1) is 16.5. The van der Waals surface area contributed by atoms with E-state index in [0.717, 1.165) is 28.9 Å². The number of amides is 1. The molecule has 5 heteroatoms. The number of carbonyl (C=O) groups excluding carboxylic acids is 1. The zero-order valence-electron chi connectivity index (χ0n) is 12.6. The van der Waals surface area contributed by atoms with Crippen LogP contribution >= 0.6 is 11.8 Å². The van der Waals surface area contributed by atoms with Gasteiger partial charge in [0, 0.05) is 10.6 Å². The second-order valence-corrected chi connectivity index (χ2v) is 6.51. The number of rotatable bonds is 4. The summed E-state index contributed by atoms with van der Waals surface area (Å²) in [7, 11) is 0. The van der Waals surface area contributed by atoms with Crippen LogP contribution in [0.5, 0.6) is 0 Å². The Labute approximate surface area is 132 Å². The van der Waals surface area contributed by atoms with Gasteiger partial charge in [0.05, 0.1) is 5.25 Å². The fourth-order valence-corrected chi connectivity index (χ4v) is 2.94. The van der Waals surface area contributed by atoms with Crippen LogP contribution in [0.4, 0.5) is 14.5 Å². The molecule has 0 bridgehead atoms. The first-order chi connectivity index (χ1) is 10.4. The quantitative estimate of drug-likeness (QED) is 0.827. The molecule has 2 aromatic carbocycles. The molecule has 0 saturated carbocycles. The summed E-state index contributed by atoms with van der Waals surface area (Å²) in [6, 6.07) is 9.41. The van der Waals surface area contributed by atoms with Crippen molar-refractivity contribution in [2.75, 3.05) is 5.32 Å². The van der Waals surface area contributed by atoms with E-state index in [0.29, 0.717) is 4.90 Å². The van der Waals surface area contributed by atoms with E-state index in [2.05, 4.69) is 5.32 Å². The minimum Gasteiger partial charge on any atom is -0.325 e. The molecule has 116 valence electrons. The third kappa shape index (κ3) is 3.85. The monoisotopic (exact) mass is 321 g/mol. The lowest BCUT2D eigenvalue weighted by Crippen LogP contribution is -2.23. The van der Waals surface area contributed by atoms with E-state index in [1.54, 1.807) is 6.92 Å². The fraction of sp³-hybridized carbons (Fsp3) is 0.235. The number of carbonyl (C=O) groups is 1. The number of benzene rings is 2. The van der Waals surface area contributed by atoms with Gasteiger partial charge < -0.3 is 5.32 Å². The standard InChI is InChI=1S/C17H17F2NOS/c1-10-5-4-6-11(2)16(10)20-17(21)12(3)22-13-7-8-14(18)15(19)9-13/h4-9,12H,1-3H3,(H,20,21)/t12-/m1/s1. The topological polar surface area (TPSA) is 29.1 Å². The Kier molecular flexibility index (Phi) is 5.19. The lowest BCUT2D eigenvalue weighted by molar-refractivity contribution is -0.115. The molecule has 0 fully saturated rings. The molecule has 0 heterocycles. The van der Waals surface area contributed by atoms with Crippen LogP contribution in [0.2, 0.25) is 0 Å². The van der Waals surface area contributed by atoms with Gasteiger partial charge in [0.25, 0.3) is 0 Å². The molecule has 0 saturated heterocycles. The van der Waals surface area contributed by atoms with Crippen molar-refractivity contribution in [2.45, 2.75) is 30.9 Å². The van der Waals surface area contributed by atoms with Gasteiger partial charge in [-0.25, -0.2) is 8.78 Å². The van der Waals surface area contributed by atoms with Crippen molar-refractivity contribution in [3.63, 3.8) is 0 Å². The molecule has 0 radical (unpaired) electrons. The minimum atomic E-state index is -0.910. The number of aryl methyl sites for hydroxylation is 2. The van der Waals surface area contributed by atoms with E-state index >= 15 is 0 Å². The Hall–Kier alpha value is -1.88. The van der Waals surface area contributed by atoms with Crippen molar-refractivity contribution in [3.05, 3.63) is 59.2 Å². The van der Waals surface area contributed by atoms with Crippen molar-refractivity contribution < 1.29 is 13.6 Å². The molecule has 1 N–H and O–H groups in total. The number of thioether (sulfide) groups is 1. The van der Waals surface area contributed by atoms with Crippen LogP contribution in [0.1, 0.15) is 18.1 Å². The minimum absolute atomic E-state index is 0.174. The summed E-state index contributed by atoms with van der Waals surface area (Å²) in [6.07, 6.45) is 0. The van der Waals surface area contributed by atoms with Crippen molar-refractivity contribution in [2.24, 2.45) is 0 Å². The van der Waals surface area contributed by atoms with Crippen molar-refractivity contribution in [3.8, 4) is 0 Å². The molecular weight excluding hydrogens is 304 g/mol. The van der Waals surface area contributed by atoms with E-state index in [9.17, 15) is 13.6 Å². The number of hydrogen-bond acceptors (Lipinski definition) is 2. The number of halogens is 2. The molecule has 0 aromatic heterocycles. The summed E-state index contributed by atoms with van der Waals surface area (Å²) in [5, 5.41) is 2.47. The van der Waals surface area contributed by atoms with Gasteiger partial charge >= 0.3 is 0 Å². The van der Waals surface area contributed by atoms with Gasteiger partial charge in [-0.1, -0.05) is 18.2 Å². The van der Waals surface area contributed by atoms with Crippen LogP contribution in [0, 0.1) is 25.5 Å². The predicted molar refractivity (Wildman–Crippen MR) is 86.2 cm³/mol. The van der Waals surface area contributed by atoms with Crippen LogP contribution in [-0.4, -0.2) is 11.2 Å². The first-order valence-electron chi connectivity index (χ1n) is 6.87. The summed E-state index contributed by atoms with van der Waals surface area (Å²) < 4.78 is 26.1. The van der Waals surface area contributed by atoms with Gasteiger partial charge in [-0.05, 0) is 50.1 Å². The first-order valence-corrected chi connectivity index (χ1v) is 7.75. The van der Waals surface area contributed by atoms with Gasteiger partial charge in [0.1, 0.15) is 0 Å². The van der Waals surface area contributed by atoms with Gasteiger partial charge in [-0.3, -0.25) is 4.79 Å². The average molecular weight is 321 g/mol. The molecule has 2 aromatic rings. The highest BCUT2D eigenvalue weighted by molar-refractivity contribution is 8.00. The van der Waals surface area contributed by atoms with Gasteiger partial charge in [-0.2, -0.15) is 0 Å². The Morgan fingerprint density at radius 2 is 1.73 bits per heavy atom. The van der Waals surface area contributed by atoms with Crippen LogP contribution in [-0.2, 0) is 4.79 Å². The molecule has 0 aliphatic carbocycles. The molecule has 1 amide bonds.